The number of imidazole rings is 1. The molecular formula is C13H25N3O. The first-order valence-corrected chi connectivity index (χ1v) is 6.46. The molecule has 0 amide bonds. The highest BCUT2D eigenvalue weighted by Gasteiger charge is 2.16. The Morgan fingerprint density at radius 3 is 2.82 bits per heavy atom. The van der Waals surface area contributed by atoms with Gasteiger partial charge in [0, 0.05) is 37.7 Å². The molecule has 0 bridgehead atoms. The Bertz CT molecular complexity index is 320. The van der Waals surface area contributed by atoms with Gasteiger partial charge in [-0.25, -0.2) is 4.98 Å². The highest BCUT2D eigenvalue weighted by atomic mass is 16.5. The van der Waals surface area contributed by atoms with Gasteiger partial charge in [0.1, 0.15) is 0 Å². The van der Waals surface area contributed by atoms with Crippen LogP contribution in [-0.4, -0.2) is 28.3 Å². The van der Waals surface area contributed by atoms with E-state index in [1.807, 2.05) is 19.3 Å². The molecule has 0 aliphatic rings. The van der Waals surface area contributed by atoms with Crippen LogP contribution in [0.1, 0.15) is 40.5 Å². The summed E-state index contributed by atoms with van der Waals surface area (Å²) < 4.78 is 7.49. The molecule has 1 aromatic heterocycles. The largest absolute Gasteiger partial charge is 0.382 e. The number of aromatic nitrogens is 2. The Labute approximate surface area is 104 Å². The summed E-state index contributed by atoms with van der Waals surface area (Å²) in [5.41, 5.74) is 0.0863. The number of nitrogens with one attached hydrogen (secondary N) is 1. The summed E-state index contributed by atoms with van der Waals surface area (Å²) in [6, 6.07) is 0. The van der Waals surface area contributed by atoms with E-state index in [1.54, 1.807) is 0 Å². The molecule has 4 heteroatoms. The average Bonchev–Trinajstić information content (AvgIpc) is 2.71. The lowest BCUT2D eigenvalue weighted by atomic mass is 10.0. The minimum Gasteiger partial charge on any atom is -0.382 e. The lowest BCUT2D eigenvalue weighted by Gasteiger charge is -2.25. The van der Waals surface area contributed by atoms with Gasteiger partial charge in [-0.05, 0) is 33.6 Å². The molecule has 0 fully saturated rings. The topological polar surface area (TPSA) is 39.1 Å². The number of nitrogens with zero attached hydrogens (tertiary/aromatic N) is 2. The van der Waals surface area contributed by atoms with E-state index in [2.05, 4.69) is 35.6 Å². The molecule has 1 aromatic rings. The Balaban J connectivity index is 2.48. The van der Waals surface area contributed by atoms with Crippen LogP contribution in [0.5, 0.6) is 0 Å². The van der Waals surface area contributed by atoms with Gasteiger partial charge in [0.25, 0.3) is 0 Å². The maximum Gasteiger partial charge on any atom is 0.203 e. The number of aryl methyl sites for hydroxylation is 1. The fraction of sp³-hybridized carbons (Fsp3) is 0.769. The zero-order valence-corrected chi connectivity index (χ0v) is 11.5. The fourth-order valence-corrected chi connectivity index (χ4v) is 1.49. The molecule has 0 spiro atoms. The molecule has 0 aliphatic carbocycles. The summed E-state index contributed by atoms with van der Waals surface area (Å²) >= 11 is 0. The number of hydrogen-bond acceptors (Lipinski definition) is 3. The van der Waals surface area contributed by atoms with E-state index in [1.165, 1.54) is 0 Å². The molecule has 0 aliphatic heterocycles. The summed E-state index contributed by atoms with van der Waals surface area (Å²) in [7, 11) is 0. The van der Waals surface area contributed by atoms with Gasteiger partial charge in [-0.2, -0.15) is 0 Å². The number of anilines is 1. The molecule has 17 heavy (non-hydrogen) atoms. The van der Waals surface area contributed by atoms with Crippen molar-refractivity contribution in [3.05, 3.63) is 12.4 Å². The summed E-state index contributed by atoms with van der Waals surface area (Å²) in [5.74, 6) is 0.952. The molecule has 4 nitrogen and oxygen atoms in total. The van der Waals surface area contributed by atoms with Gasteiger partial charge in [0.2, 0.25) is 5.95 Å². The van der Waals surface area contributed by atoms with Crippen molar-refractivity contribution in [3.8, 4) is 0 Å². The van der Waals surface area contributed by atoms with Crippen molar-refractivity contribution in [2.24, 2.45) is 0 Å². The Morgan fingerprint density at radius 2 is 2.18 bits per heavy atom. The molecular weight excluding hydrogens is 214 g/mol. The van der Waals surface area contributed by atoms with Crippen LogP contribution in [0, 0.1) is 0 Å². The third kappa shape index (κ3) is 4.77. The Morgan fingerprint density at radius 1 is 1.41 bits per heavy atom. The molecule has 0 saturated heterocycles. The van der Waals surface area contributed by atoms with E-state index in [0.29, 0.717) is 0 Å². The summed E-state index contributed by atoms with van der Waals surface area (Å²) in [4.78, 5) is 4.36. The van der Waals surface area contributed by atoms with Crippen molar-refractivity contribution in [1.29, 1.82) is 0 Å². The van der Waals surface area contributed by atoms with Gasteiger partial charge in [0.05, 0.1) is 0 Å². The molecule has 0 atom stereocenters. The van der Waals surface area contributed by atoms with Crippen molar-refractivity contribution in [2.75, 3.05) is 18.5 Å². The second-order valence-electron chi connectivity index (χ2n) is 4.86. The van der Waals surface area contributed by atoms with Crippen LogP contribution in [0.25, 0.3) is 0 Å². The summed E-state index contributed by atoms with van der Waals surface area (Å²) in [6.07, 6.45) is 5.94. The standard InChI is InChI=1S/C13H25N3O/c1-5-13(3,4)15-12-14-8-10-16(12)9-7-11-17-6-2/h8,10H,5-7,9,11H2,1-4H3,(H,14,15). The van der Waals surface area contributed by atoms with Crippen molar-refractivity contribution < 1.29 is 4.74 Å². The monoisotopic (exact) mass is 239 g/mol. The molecule has 0 radical (unpaired) electrons. The number of rotatable bonds is 8. The molecule has 0 saturated carbocycles. The van der Waals surface area contributed by atoms with Crippen LogP contribution in [0.15, 0.2) is 12.4 Å². The first-order chi connectivity index (χ1) is 8.09. The van der Waals surface area contributed by atoms with Crippen molar-refractivity contribution in [3.63, 3.8) is 0 Å². The minimum absolute atomic E-state index is 0.0863. The molecule has 1 rings (SSSR count). The van der Waals surface area contributed by atoms with Crippen molar-refractivity contribution in [1.82, 2.24) is 9.55 Å². The molecule has 0 unspecified atom stereocenters. The number of hydrogen-bond donors (Lipinski definition) is 1. The van der Waals surface area contributed by atoms with Crippen LogP contribution < -0.4 is 5.32 Å². The predicted molar refractivity (Wildman–Crippen MR) is 71.3 cm³/mol. The minimum atomic E-state index is 0.0863. The molecule has 0 aromatic carbocycles. The molecule has 1 heterocycles. The quantitative estimate of drug-likeness (QED) is 0.709. The lowest BCUT2D eigenvalue weighted by Crippen LogP contribution is -2.31. The van der Waals surface area contributed by atoms with E-state index in [4.69, 9.17) is 4.74 Å². The third-order valence-corrected chi connectivity index (χ3v) is 2.94. The van der Waals surface area contributed by atoms with Crippen LogP contribution in [0.4, 0.5) is 5.95 Å². The van der Waals surface area contributed by atoms with Crippen LogP contribution in [0.3, 0.4) is 0 Å². The van der Waals surface area contributed by atoms with Crippen LogP contribution in [-0.2, 0) is 11.3 Å². The third-order valence-electron chi connectivity index (χ3n) is 2.94. The zero-order valence-electron chi connectivity index (χ0n) is 11.5. The molecule has 98 valence electrons. The highest BCUT2D eigenvalue weighted by molar-refractivity contribution is 5.29. The van der Waals surface area contributed by atoms with Gasteiger partial charge >= 0.3 is 0 Å². The van der Waals surface area contributed by atoms with Crippen LogP contribution >= 0.6 is 0 Å². The first kappa shape index (κ1) is 14.0. The second kappa shape index (κ2) is 6.64. The van der Waals surface area contributed by atoms with E-state index in [-0.39, 0.29) is 5.54 Å². The Hall–Kier alpha value is -1.03. The van der Waals surface area contributed by atoms with Gasteiger partial charge in [0.15, 0.2) is 0 Å². The van der Waals surface area contributed by atoms with E-state index >= 15 is 0 Å². The maximum atomic E-state index is 5.34. The van der Waals surface area contributed by atoms with Crippen molar-refractivity contribution >= 4 is 5.95 Å². The SMILES string of the molecule is CCOCCCn1ccnc1NC(C)(C)CC. The first-order valence-electron chi connectivity index (χ1n) is 6.46. The second-order valence-corrected chi connectivity index (χ2v) is 4.86. The molecule has 1 N–H and O–H groups in total. The average molecular weight is 239 g/mol. The zero-order chi connectivity index (χ0) is 12.7. The van der Waals surface area contributed by atoms with Crippen LogP contribution in [0.2, 0.25) is 0 Å². The maximum absolute atomic E-state index is 5.34. The number of ether oxygens (including phenoxy) is 1. The smallest absolute Gasteiger partial charge is 0.203 e. The van der Waals surface area contributed by atoms with E-state index in [0.717, 1.165) is 38.5 Å². The van der Waals surface area contributed by atoms with E-state index in [9.17, 15) is 0 Å². The normalized spacial score (nSPS) is 11.8. The summed E-state index contributed by atoms with van der Waals surface area (Å²) in [6.45, 7) is 11.1. The lowest BCUT2D eigenvalue weighted by molar-refractivity contribution is 0.142. The predicted octanol–water partition coefficient (Wildman–Crippen LogP) is 2.91. The van der Waals surface area contributed by atoms with Gasteiger partial charge in [-0.1, -0.05) is 6.92 Å². The van der Waals surface area contributed by atoms with Crippen molar-refractivity contribution in [2.45, 2.75) is 52.6 Å². The van der Waals surface area contributed by atoms with Gasteiger partial charge in [-0.15, -0.1) is 0 Å². The highest BCUT2D eigenvalue weighted by Crippen LogP contribution is 2.16. The summed E-state index contributed by atoms with van der Waals surface area (Å²) in [5, 5.41) is 3.47. The fourth-order valence-electron chi connectivity index (χ4n) is 1.49. The van der Waals surface area contributed by atoms with Gasteiger partial charge < -0.3 is 14.6 Å². The van der Waals surface area contributed by atoms with E-state index < -0.39 is 0 Å². The van der Waals surface area contributed by atoms with Gasteiger partial charge in [-0.3, -0.25) is 0 Å². The Kier molecular flexibility index (Phi) is 5.48.